The molecule has 0 fully saturated rings. The molecular formula is C26H33N5O3S. The van der Waals surface area contributed by atoms with Crippen LogP contribution in [0.5, 0.6) is 11.5 Å². The molecule has 3 aromatic rings. The molecule has 0 unspecified atom stereocenters. The molecule has 8 nitrogen and oxygen atoms in total. The number of thioether (sulfide) groups is 1. The van der Waals surface area contributed by atoms with Crippen LogP contribution in [0.25, 0.3) is 11.4 Å². The lowest BCUT2D eigenvalue weighted by molar-refractivity contribution is -0.118. The highest BCUT2D eigenvalue weighted by Crippen LogP contribution is 2.29. The van der Waals surface area contributed by atoms with E-state index < -0.39 is 0 Å². The minimum absolute atomic E-state index is 0.0889. The smallest absolute Gasteiger partial charge is 0.250 e. The zero-order chi connectivity index (χ0) is 25.6. The van der Waals surface area contributed by atoms with Gasteiger partial charge >= 0.3 is 0 Å². The normalized spacial score (nSPS) is 11.9. The number of carbonyl (C=O) groups is 1. The van der Waals surface area contributed by atoms with Crippen molar-refractivity contribution >= 4 is 23.4 Å². The molecular weight excluding hydrogens is 462 g/mol. The van der Waals surface area contributed by atoms with Gasteiger partial charge in [-0.2, -0.15) is 5.10 Å². The molecule has 0 radical (unpaired) electrons. The van der Waals surface area contributed by atoms with Crippen LogP contribution in [0.2, 0.25) is 0 Å². The maximum absolute atomic E-state index is 12.4. The van der Waals surface area contributed by atoms with E-state index in [1.807, 2.05) is 30.5 Å². The number of benzene rings is 2. The number of carbonyl (C=O) groups excluding carboxylic acids is 1. The lowest BCUT2D eigenvalue weighted by Gasteiger charge is -2.19. The molecule has 1 amide bonds. The number of amides is 1. The largest absolute Gasteiger partial charge is 0.493 e. The molecule has 186 valence electrons. The van der Waals surface area contributed by atoms with Gasteiger partial charge in [0.05, 0.1) is 25.7 Å². The molecule has 0 aliphatic carbocycles. The summed E-state index contributed by atoms with van der Waals surface area (Å²) in [7, 11) is 3.16. The van der Waals surface area contributed by atoms with Crippen molar-refractivity contribution in [2.24, 2.45) is 5.10 Å². The molecule has 0 saturated heterocycles. The molecule has 1 aromatic heterocycles. The van der Waals surface area contributed by atoms with Crippen molar-refractivity contribution in [2.75, 3.05) is 20.0 Å². The Morgan fingerprint density at radius 2 is 1.74 bits per heavy atom. The van der Waals surface area contributed by atoms with E-state index in [1.54, 1.807) is 20.3 Å². The van der Waals surface area contributed by atoms with Crippen molar-refractivity contribution in [1.82, 2.24) is 20.2 Å². The molecule has 0 spiro atoms. The lowest BCUT2D eigenvalue weighted by atomic mass is 9.87. The van der Waals surface area contributed by atoms with Gasteiger partial charge in [-0.1, -0.05) is 56.8 Å². The van der Waals surface area contributed by atoms with Gasteiger partial charge in [0.25, 0.3) is 5.91 Å². The first-order valence-corrected chi connectivity index (χ1v) is 12.4. The average molecular weight is 496 g/mol. The van der Waals surface area contributed by atoms with E-state index in [0.29, 0.717) is 28.9 Å². The van der Waals surface area contributed by atoms with Gasteiger partial charge in [0.15, 0.2) is 22.5 Å². The van der Waals surface area contributed by atoms with E-state index in [-0.39, 0.29) is 17.1 Å². The van der Waals surface area contributed by atoms with Crippen LogP contribution >= 0.6 is 11.8 Å². The minimum Gasteiger partial charge on any atom is -0.493 e. The van der Waals surface area contributed by atoms with E-state index in [1.165, 1.54) is 17.3 Å². The predicted octanol–water partition coefficient (Wildman–Crippen LogP) is 4.91. The van der Waals surface area contributed by atoms with Crippen molar-refractivity contribution in [3.05, 3.63) is 53.6 Å². The molecule has 0 aliphatic rings. The molecule has 0 saturated carbocycles. The summed E-state index contributed by atoms with van der Waals surface area (Å²) in [5, 5.41) is 13.6. The van der Waals surface area contributed by atoms with Crippen LogP contribution in [0, 0.1) is 0 Å². The summed E-state index contributed by atoms with van der Waals surface area (Å²) in [4.78, 5) is 12.4. The first kappa shape index (κ1) is 26.3. The zero-order valence-corrected chi connectivity index (χ0v) is 22.2. The number of nitrogens with zero attached hydrogens (tertiary/aromatic N) is 4. The number of hydrogen-bond donors (Lipinski definition) is 1. The van der Waals surface area contributed by atoms with Crippen molar-refractivity contribution in [2.45, 2.75) is 51.7 Å². The fourth-order valence-electron chi connectivity index (χ4n) is 3.45. The highest BCUT2D eigenvalue weighted by Gasteiger charge is 2.17. The Labute approximate surface area is 211 Å². The summed E-state index contributed by atoms with van der Waals surface area (Å²) in [5.41, 5.74) is 6.44. The van der Waals surface area contributed by atoms with Crippen LogP contribution < -0.4 is 14.9 Å². The van der Waals surface area contributed by atoms with Crippen LogP contribution in [0.3, 0.4) is 0 Å². The van der Waals surface area contributed by atoms with Gasteiger partial charge in [-0.15, -0.1) is 10.2 Å². The second-order valence-corrected chi connectivity index (χ2v) is 9.91. The number of aromatic nitrogens is 3. The van der Waals surface area contributed by atoms with Crippen LogP contribution in [0.4, 0.5) is 0 Å². The summed E-state index contributed by atoms with van der Waals surface area (Å²) in [6.07, 6.45) is 0. The van der Waals surface area contributed by atoms with Gasteiger partial charge < -0.3 is 14.0 Å². The highest BCUT2D eigenvalue weighted by molar-refractivity contribution is 7.99. The molecule has 0 bridgehead atoms. The minimum atomic E-state index is -0.225. The first-order valence-electron chi connectivity index (χ1n) is 11.4. The molecule has 2 aromatic carbocycles. The average Bonchev–Trinajstić information content (AvgIpc) is 3.27. The summed E-state index contributed by atoms with van der Waals surface area (Å²) in [5.74, 6) is 1.97. The third kappa shape index (κ3) is 6.42. The second-order valence-electron chi connectivity index (χ2n) is 8.97. The monoisotopic (exact) mass is 495 g/mol. The quantitative estimate of drug-likeness (QED) is 0.258. The Balaban J connectivity index is 1.65. The Hall–Kier alpha value is -3.33. The highest BCUT2D eigenvalue weighted by atomic mass is 32.2. The Morgan fingerprint density at radius 3 is 2.34 bits per heavy atom. The molecule has 1 heterocycles. The molecule has 1 N–H and O–H groups in total. The van der Waals surface area contributed by atoms with Crippen molar-refractivity contribution in [3.63, 3.8) is 0 Å². The molecule has 9 heteroatoms. The topological polar surface area (TPSA) is 90.6 Å². The third-order valence-corrected chi connectivity index (χ3v) is 6.49. The van der Waals surface area contributed by atoms with Crippen molar-refractivity contribution in [3.8, 4) is 22.9 Å². The van der Waals surface area contributed by atoms with Gasteiger partial charge in [0.1, 0.15) is 0 Å². The van der Waals surface area contributed by atoms with E-state index in [4.69, 9.17) is 9.47 Å². The molecule has 3 rings (SSSR count). The molecule has 35 heavy (non-hydrogen) atoms. The maximum Gasteiger partial charge on any atom is 0.250 e. The number of methoxy groups -OCH3 is 2. The van der Waals surface area contributed by atoms with Crippen molar-refractivity contribution in [1.29, 1.82) is 0 Å². The zero-order valence-electron chi connectivity index (χ0n) is 21.4. The number of rotatable bonds is 9. The van der Waals surface area contributed by atoms with Crippen molar-refractivity contribution < 1.29 is 14.3 Å². The van der Waals surface area contributed by atoms with Gasteiger partial charge in [0.2, 0.25) is 0 Å². The Kier molecular flexibility index (Phi) is 8.56. The molecule has 0 aliphatic heterocycles. The third-order valence-electron chi connectivity index (χ3n) is 5.52. The van der Waals surface area contributed by atoms with E-state index in [0.717, 1.165) is 17.0 Å². The summed E-state index contributed by atoms with van der Waals surface area (Å²) < 4.78 is 12.6. The van der Waals surface area contributed by atoms with Crippen LogP contribution in [-0.4, -0.2) is 46.4 Å². The standard InChI is InChI=1S/C26H33N5O3S/c1-8-31-24(18-9-12-20(13-10-18)26(3,4)5)29-30-25(31)35-16-23(32)28-27-17(2)19-11-14-21(33-6)22(15-19)34-7/h9-15H,8,16H2,1-7H3,(H,28,32). The lowest BCUT2D eigenvalue weighted by Crippen LogP contribution is -2.21. The predicted molar refractivity (Wildman–Crippen MR) is 140 cm³/mol. The van der Waals surface area contributed by atoms with Crippen LogP contribution in [0.15, 0.2) is 52.7 Å². The van der Waals surface area contributed by atoms with Gasteiger partial charge in [-0.05, 0) is 43.0 Å². The number of ether oxygens (including phenoxy) is 2. The first-order chi connectivity index (χ1) is 16.7. The van der Waals surface area contributed by atoms with Gasteiger partial charge in [-0.3, -0.25) is 4.79 Å². The number of hydrazone groups is 1. The van der Waals surface area contributed by atoms with E-state index in [9.17, 15) is 4.79 Å². The van der Waals surface area contributed by atoms with E-state index in [2.05, 4.69) is 65.8 Å². The summed E-state index contributed by atoms with van der Waals surface area (Å²) in [6.45, 7) is 11.1. The van der Waals surface area contributed by atoms with Gasteiger partial charge in [0, 0.05) is 17.7 Å². The van der Waals surface area contributed by atoms with Gasteiger partial charge in [-0.25, -0.2) is 5.43 Å². The van der Waals surface area contributed by atoms with E-state index >= 15 is 0 Å². The number of hydrogen-bond acceptors (Lipinski definition) is 7. The maximum atomic E-state index is 12.4. The fraction of sp³-hybridized carbons (Fsp3) is 0.385. The van der Waals surface area contributed by atoms with Crippen LogP contribution in [-0.2, 0) is 16.8 Å². The Morgan fingerprint density at radius 1 is 1.06 bits per heavy atom. The summed E-state index contributed by atoms with van der Waals surface area (Å²) in [6, 6.07) is 13.9. The van der Waals surface area contributed by atoms with Crippen LogP contribution in [0.1, 0.15) is 45.7 Å². The summed E-state index contributed by atoms with van der Waals surface area (Å²) >= 11 is 1.33. The number of nitrogens with one attached hydrogen (secondary N) is 1. The molecule has 0 atom stereocenters. The SMILES string of the molecule is CCn1c(SCC(=O)NN=C(C)c2ccc(OC)c(OC)c2)nnc1-c1ccc(C(C)(C)C)cc1. The Bertz CT molecular complexity index is 1200. The fourth-order valence-corrected chi connectivity index (χ4v) is 4.24. The second kappa shape index (κ2) is 11.4.